The van der Waals surface area contributed by atoms with Crippen LogP contribution in [0.2, 0.25) is 0 Å². The van der Waals surface area contributed by atoms with Crippen molar-refractivity contribution in [1.29, 1.82) is 0 Å². The Labute approximate surface area is 177 Å². The summed E-state index contributed by atoms with van der Waals surface area (Å²) in [5.41, 5.74) is 0. The highest BCUT2D eigenvalue weighted by atomic mass is 127. The van der Waals surface area contributed by atoms with E-state index in [1.807, 2.05) is 30.4 Å². The molecule has 1 saturated heterocycles. The third kappa shape index (κ3) is 10.0. The lowest BCUT2D eigenvalue weighted by Crippen LogP contribution is -2.40. The molecule has 144 valence electrons. The van der Waals surface area contributed by atoms with E-state index in [-0.39, 0.29) is 24.0 Å². The molecule has 1 fully saturated rings. The van der Waals surface area contributed by atoms with Crippen LogP contribution in [0.3, 0.4) is 0 Å². The van der Waals surface area contributed by atoms with Crippen LogP contribution >= 0.6 is 47.1 Å². The van der Waals surface area contributed by atoms with Crippen molar-refractivity contribution in [2.75, 3.05) is 45.5 Å². The van der Waals surface area contributed by atoms with Gasteiger partial charge in [0.15, 0.2) is 5.96 Å². The zero-order valence-electron chi connectivity index (χ0n) is 15.4. The third-order valence-electron chi connectivity index (χ3n) is 4.29. The molecule has 0 unspecified atom stereocenters. The molecule has 2 rings (SSSR count). The molecule has 0 radical (unpaired) electrons. The van der Waals surface area contributed by atoms with Gasteiger partial charge in [-0.15, -0.1) is 35.3 Å². The largest absolute Gasteiger partial charge is 0.356 e. The van der Waals surface area contributed by atoms with Gasteiger partial charge in [-0.1, -0.05) is 18.7 Å². The van der Waals surface area contributed by atoms with Crippen molar-refractivity contribution in [3.63, 3.8) is 0 Å². The first-order chi connectivity index (χ1) is 11.8. The second-order valence-corrected chi connectivity index (χ2v) is 8.54. The van der Waals surface area contributed by atoms with Crippen LogP contribution in [0, 0.1) is 5.92 Å². The molecule has 0 saturated carbocycles. The second kappa shape index (κ2) is 14.1. The number of likely N-dealkylation sites (tertiary alicyclic amines) is 1. The fourth-order valence-electron chi connectivity index (χ4n) is 2.74. The quantitative estimate of drug-likeness (QED) is 0.180. The molecule has 1 aliphatic heterocycles. The van der Waals surface area contributed by atoms with Gasteiger partial charge in [0, 0.05) is 37.5 Å². The first kappa shape index (κ1) is 23.0. The van der Waals surface area contributed by atoms with Crippen molar-refractivity contribution in [2.45, 2.75) is 36.9 Å². The SMILES string of the molecule is CN=C(NCCCSc1nccs1)NCCCN1CCC(C)CC1.I. The molecule has 0 bridgehead atoms. The number of nitrogens with one attached hydrogen (secondary N) is 2. The topological polar surface area (TPSA) is 52.6 Å². The van der Waals surface area contributed by atoms with Crippen molar-refractivity contribution in [3.05, 3.63) is 11.6 Å². The molecule has 0 spiro atoms. The first-order valence-corrected chi connectivity index (χ1v) is 10.8. The third-order valence-corrected chi connectivity index (χ3v) is 6.34. The predicted molar refractivity (Wildman–Crippen MR) is 122 cm³/mol. The molecule has 0 amide bonds. The Kier molecular flexibility index (Phi) is 12.9. The number of thiazole rings is 1. The fraction of sp³-hybridized carbons (Fsp3) is 0.765. The van der Waals surface area contributed by atoms with Crippen molar-refractivity contribution < 1.29 is 0 Å². The first-order valence-electron chi connectivity index (χ1n) is 8.97. The highest BCUT2D eigenvalue weighted by Crippen LogP contribution is 2.20. The number of nitrogens with zero attached hydrogens (tertiary/aromatic N) is 3. The highest BCUT2D eigenvalue weighted by molar-refractivity contribution is 14.0. The molecule has 1 aliphatic rings. The molecule has 0 aromatic carbocycles. The van der Waals surface area contributed by atoms with Gasteiger partial charge in [0.25, 0.3) is 0 Å². The summed E-state index contributed by atoms with van der Waals surface area (Å²) < 4.78 is 1.16. The van der Waals surface area contributed by atoms with Crippen molar-refractivity contribution in [1.82, 2.24) is 20.5 Å². The number of piperidine rings is 1. The van der Waals surface area contributed by atoms with E-state index < -0.39 is 0 Å². The maximum absolute atomic E-state index is 4.29. The Bertz CT molecular complexity index is 462. The van der Waals surface area contributed by atoms with E-state index in [4.69, 9.17) is 0 Å². The molecule has 2 heterocycles. The number of rotatable bonds is 9. The molecule has 1 aromatic rings. The predicted octanol–water partition coefficient (Wildman–Crippen LogP) is 3.53. The molecule has 25 heavy (non-hydrogen) atoms. The molecule has 8 heteroatoms. The number of guanidine groups is 1. The van der Waals surface area contributed by atoms with Crippen molar-refractivity contribution >= 4 is 53.0 Å². The van der Waals surface area contributed by atoms with Crippen LogP contribution in [-0.2, 0) is 0 Å². The number of hydrogen-bond acceptors (Lipinski definition) is 5. The summed E-state index contributed by atoms with van der Waals surface area (Å²) in [6.07, 6.45) is 6.86. The average Bonchev–Trinajstić information content (AvgIpc) is 3.11. The standard InChI is InChI=1S/C17H31N5S2.HI/c1-15-5-11-22(12-6-15)10-3-7-19-16(18-2)20-8-4-13-23-17-21-9-14-24-17;/h9,14-15H,3-8,10-13H2,1-2H3,(H2,18,19,20);1H. The van der Waals surface area contributed by atoms with Gasteiger partial charge in [-0.2, -0.15) is 0 Å². The Morgan fingerprint density at radius 3 is 2.68 bits per heavy atom. The summed E-state index contributed by atoms with van der Waals surface area (Å²) in [6, 6.07) is 0. The average molecular weight is 498 g/mol. The summed E-state index contributed by atoms with van der Waals surface area (Å²) >= 11 is 3.53. The molecule has 0 atom stereocenters. The zero-order valence-corrected chi connectivity index (χ0v) is 19.3. The van der Waals surface area contributed by atoms with Crippen LogP contribution in [0.25, 0.3) is 0 Å². The molecule has 0 aliphatic carbocycles. The van der Waals surface area contributed by atoms with Gasteiger partial charge < -0.3 is 15.5 Å². The lowest BCUT2D eigenvalue weighted by Gasteiger charge is -2.30. The number of aromatic nitrogens is 1. The number of aliphatic imine (C=N–C) groups is 1. The fourth-order valence-corrected chi connectivity index (χ4v) is 4.38. The van der Waals surface area contributed by atoms with E-state index in [1.165, 1.54) is 38.9 Å². The van der Waals surface area contributed by atoms with E-state index in [0.29, 0.717) is 0 Å². The minimum atomic E-state index is 0. The lowest BCUT2D eigenvalue weighted by atomic mass is 9.99. The molecule has 5 nitrogen and oxygen atoms in total. The second-order valence-electron chi connectivity index (χ2n) is 6.30. The number of halogens is 1. The van der Waals surface area contributed by atoms with Crippen LogP contribution in [0.15, 0.2) is 20.9 Å². The van der Waals surface area contributed by atoms with Gasteiger partial charge >= 0.3 is 0 Å². The normalized spacial score (nSPS) is 16.5. The van der Waals surface area contributed by atoms with Gasteiger partial charge in [0.1, 0.15) is 4.34 Å². The molecular formula is C17H32IN5S2. The van der Waals surface area contributed by atoms with E-state index in [2.05, 4.69) is 32.4 Å². The maximum atomic E-state index is 4.29. The van der Waals surface area contributed by atoms with Gasteiger partial charge in [-0.25, -0.2) is 4.98 Å². The Balaban J connectivity index is 0.00000312. The van der Waals surface area contributed by atoms with Crippen LogP contribution in [-0.4, -0.2) is 61.4 Å². The van der Waals surface area contributed by atoms with Crippen LogP contribution in [0.5, 0.6) is 0 Å². The molecule has 1 aromatic heterocycles. The smallest absolute Gasteiger partial charge is 0.190 e. The van der Waals surface area contributed by atoms with Gasteiger partial charge in [-0.05, 0) is 51.2 Å². The van der Waals surface area contributed by atoms with Gasteiger partial charge in [0.05, 0.1) is 0 Å². The number of thioether (sulfide) groups is 1. The molecular weight excluding hydrogens is 465 g/mol. The number of hydrogen-bond donors (Lipinski definition) is 2. The summed E-state index contributed by atoms with van der Waals surface area (Å²) in [5.74, 6) is 2.92. The van der Waals surface area contributed by atoms with E-state index in [0.717, 1.165) is 41.5 Å². The van der Waals surface area contributed by atoms with Gasteiger partial charge in [0.2, 0.25) is 0 Å². The lowest BCUT2D eigenvalue weighted by molar-refractivity contribution is 0.191. The molecule has 2 N–H and O–H groups in total. The van der Waals surface area contributed by atoms with E-state index >= 15 is 0 Å². The van der Waals surface area contributed by atoms with Crippen molar-refractivity contribution in [3.8, 4) is 0 Å². The Hall–Kier alpha value is -0.0600. The Morgan fingerprint density at radius 2 is 2.04 bits per heavy atom. The monoisotopic (exact) mass is 497 g/mol. The minimum absolute atomic E-state index is 0. The van der Waals surface area contributed by atoms with Crippen LogP contribution < -0.4 is 10.6 Å². The summed E-state index contributed by atoms with van der Waals surface area (Å²) in [5, 5.41) is 8.83. The maximum Gasteiger partial charge on any atom is 0.190 e. The van der Waals surface area contributed by atoms with Gasteiger partial charge in [-0.3, -0.25) is 4.99 Å². The van der Waals surface area contributed by atoms with E-state index in [9.17, 15) is 0 Å². The zero-order chi connectivity index (χ0) is 17.0. The summed E-state index contributed by atoms with van der Waals surface area (Å²) in [7, 11) is 1.84. The Morgan fingerprint density at radius 1 is 1.32 bits per heavy atom. The van der Waals surface area contributed by atoms with Crippen molar-refractivity contribution in [2.24, 2.45) is 10.9 Å². The van der Waals surface area contributed by atoms with Crippen LogP contribution in [0.1, 0.15) is 32.6 Å². The highest BCUT2D eigenvalue weighted by Gasteiger charge is 2.14. The summed E-state index contributed by atoms with van der Waals surface area (Å²) in [6.45, 7) is 8.03. The van der Waals surface area contributed by atoms with E-state index in [1.54, 1.807) is 11.3 Å². The minimum Gasteiger partial charge on any atom is -0.356 e. The van der Waals surface area contributed by atoms with Crippen LogP contribution in [0.4, 0.5) is 0 Å². The summed E-state index contributed by atoms with van der Waals surface area (Å²) in [4.78, 5) is 11.2.